The van der Waals surface area contributed by atoms with Gasteiger partial charge in [0.25, 0.3) is 0 Å². The van der Waals surface area contributed by atoms with Crippen molar-refractivity contribution in [2.45, 2.75) is 0 Å². The van der Waals surface area contributed by atoms with Crippen LogP contribution in [0.2, 0.25) is 0 Å². The topological polar surface area (TPSA) is 90.9 Å². The van der Waals surface area contributed by atoms with Crippen molar-refractivity contribution in [2.75, 3.05) is 0 Å². The van der Waals surface area contributed by atoms with Gasteiger partial charge in [-0.05, 0) is 18.2 Å². The molecule has 0 fully saturated rings. The number of nitrogens with zero attached hydrogens (tertiary/aromatic N) is 3. The summed E-state index contributed by atoms with van der Waals surface area (Å²) in [5.41, 5.74) is 1.25. The fraction of sp³-hybridized carbons (Fsp3) is 0. The van der Waals surface area contributed by atoms with Gasteiger partial charge in [0.15, 0.2) is 0 Å². The molecular weight excluding hydrogens is 216 g/mol. The van der Waals surface area contributed by atoms with E-state index in [1.54, 1.807) is 30.6 Å². The first-order valence-corrected chi connectivity index (χ1v) is 5.57. The Morgan fingerprint density at radius 2 is 2.13 bits per heavy atom. The zero-order valence-electron chi connectivity index (χ0n) is 7.61. The average molecular weight is 224 g/mol. The molecule has 78 valence electrons. The monoisotopic (exact) mass is 224 g/mol. The van der Waals surface area contributed by atoms with E-state index in [0.717, 1.165) is 9.65 Å². The molecule has 6 nitrogen and oxygen atoms in total. The van der Waals surface area contributed by atoms with Gasteiger partial charge in [0, 0.05) is 24.2 Å². The lowest BCUT2D eigenvalue weighted by atomic mass is 10.2. The number of aromatic nitrogens is 3. The molecule has 2 aromatic heterocycles. The Kier molecular flexibility index (Phi) is 2.25. The third kappa shape index (κ3) is 2.03. The molecule has 2 rings (SSSR count). The lowest BCUT2D eigenvalue weighted by Crippen LogP contribution is -2.22. The van der Waals surface area contributed by atoms with Crippen molar-refractivity contribution in [1.82, 2.24) is 14.2 Å². The average Bonchev–Trinajstić information content (AvgIpc) is 2.67. The molecule has 0 spiro atoms. The van der Waals surface area contributed by atoms with Crippen molar-refractivity contribution in [3.8, 4) is 11.3 Å². The Labute approximate surface area is 86.6 Å². The minimum absolute atomic E-state index is 0.511. The number of pyridine rings is 1. The van der Waals surface area contributed by atoms with Crippen molar-refractivity contribution >= 4 is 10.2 Å². The normalized spacial score (nSPS) is 11.5. The first kappa shape index (κ1) is 9.81. The number of nitrogens with two attached hydrogens (primary N) is 1. The Balaban J connectivity index is 2.46. The number of hydrogen-bond acceptors (Lipinski definition) is 4. The molecule has 0 atom stereocenters. The molecule has 2 heterocycles. The summed E-state index contributed by atoms with van der Waals surface area (Å²) in [6.45, 7) is 0. The molecule has 2 N–H and O–H groups in total. The molecule has 7 heteroatoms. The third-order valence-electron chi connectivity index (χ3n) is 1.78. The molecule has 0 amide bonds. The van der Waals surface area contributed by atoms with Crippen LogP contribution in [0, 0.1) is 0 Å². The maximum atomic E-state index is 10.9. The van der Waals surface area contributed by atoms with Gasteiger partial charge in [-0.25, -0.2) is 5.14 Å². The van der Waals surface area contributed by atoms with Crippen molar-refractivity contribution in [3.63, 3.8) is 0 Å². The molecule has 0 aromatic carbocycles. The molecule has 0 unspecified atom stereocenters. The molecule has 0 saturated heterocycles. The first-order chi connectivity index (χ1) is 7.07. The van der Waals surface area contributed by atoms with E-state index in [1.807, 2.05) is 0 Å². The molecule has 0 bridgehead atoms. The predicted molar refractivity (Wildman–Crippen MR) is 54.0 cm³/mol. The highest BCUT2D eigenvalue weighted by Gasteiger charge is 2.08. The van der Waals surface area contributed by atoms with Crippen LogP contribution in [0.5, 0.6) is 0 Å². The maximum Gasteiger partial charge on any atom is 0.317 e. The number of rotatable bonds is 2. The molecule has 0 aliphatic carbocycles. The molecule has 0 saturated carbocycles. The van der Waals surface area contributed by atoms with Gasteiger partial charge in [-0.1, -0.05) is 0 Å². The molecule has 0 aliphatic rings. The largest absolute Gasteiger partial charge is 0.317 e. The smallest absolute Gasteiger partial charge is 0.264 e. The highest BCUT2D eigenvalue weighted by Crippen LogP contribution is 2.14. The van der Waals surface area contributed by atoms with Crippen molar-refractivity contribution < 1.29 is 8.42 Å². The Morgan fingerprint density at radius 1 is 1.33 bits per heavy atom. The lowest BCUT2D eigenvalue weighted by molar-refractivity contribution is 0.582. The summed E-state index contributed by atoms with van der Waals surface area (Å²) in [5, 5.41) is 8.72. The van der Waals surface area contributed by atoms with E-state index in [1.165, 1.54) is 6.20 Å². The van der Waals surface area contributed by atoms with Crippen LogP contribution in [-0.4, -0.2) is 22.6 Å². The van der Waals surface area contributed by atoms with Crippen molar-refractivity contribution in [2.24, 2.45) is 5.14 Å². The van der Waals surface area contributed by atoms with Crippen LogP contribution in [0.25, 0.3) is 11.3 Å². The zero-order valence-corrected chi connectivity index (χ0v) is 8.42. The van der Waals surface area contributed by atoms with E-state index in [9.17, 15) is 8.42 Å². The SMILES string of the molecule is NS(=O)(=O)n1ccc(-c2cccnc2)n1. The molecule has 2 aromatic rings. The van der Waals surface area contributed by atoms with E-state index >= 15 is 0 Å². The van der Waals surface area contributed by atoms with E-state index in [4.69, 9.17) is 5.14 Å². The summed E-state index contributed by atoms with van der Waals surface area (Å²) in [5.74, 6) is 0. The van der Waals surface area contributed by atoms with Crippen LogP contribution in [0.3, 0.4) is 0 Å². The Hall–Kier alpha value is -1.73. The summed E-state index contributed by atoms with van der Waals surface area (Å²) in [7, 11) is -3.80. The second kappa shape index (κ2) is 3.44. The van der Waals surface area contributed by atoms with Gasteiger partial charge in [0.2, 0.25) is 0 Å². The van der Waals surface area contributed by atoms with Crippen LogP contribution in [-0.2, 0) is 10.2 Å². The molecular formula is C8H8N4O2S. The molecule has 15 heavy (non-hydrogen) atoms. The fourth-order valence-electron chi connectivity index (χ4n) is 1.12. The minimum Gasteiger partial charge on any atom is -0.264 e. The van der Waals surface area contributed by atoms with E-state index in [-0.39, 0.29) is 0 Å². The Bertz CT molecular complexity index is 561. The van der Waals surface area contributed by atoms with Gasteiger partial charge >= 0.3 is 10.2 Å². The van der Waals surface area contributed by atoms with Gasteiger partial charge in [-0.3, -0.25) is 4.98 Å². The van der Waals surface area contributed by atoms with Gasteiger partial charge in [0.1, 0.15) is 0 Å². The second-order valence-corrected chi connectivity index (χ2v) is 4.26. The van der Waals surface area contributed by atoms with Crippen LogP contribution >= 0.6 is 0 Å². The molecule has 0 radical (unpaired) electrons. The lowest BCUT2D eigenvalue weighted by Gasteiger charge is -1.96. The number of hydrogen-bond donors (Lipinski definition) is 1. The standard InChI is InChI=1S/C8H8N4O2S/c9-15(13,14)12-5-3-8(11-12)7-2-1-4-10-6-7/h1-6H,(H2,9,13,14). The summed E-state index contributed by atoms with van der Waals surface area (Å²) in [6, 6.07) is 5.08. The maximum absolute atomic E-state index is 10.9. The van der Waals surface area contributed by atoms with Crippen molar-refractivity contribution in [3.05, 3.63) is 36.8 Å². The highest BCUT2D eigenvalue weighted by molar-refractivity contribution is 7.87. The van der Waals surface area contributed by atoms with Crippen LogP contribution in [0.4, 0.5) is 0 Å². The van der Waals surface area contributed by atoms with Crippen LogP contribution < -0.4 is 5.14 Å². The van der Waals surface area contributed by atoms with E-state index in [0.29, 0.717) is 5.69 Å². The summed E-state index contributed by atoms with van der Waals surface area (Å²) in [6.07, 6.45) is 4.51. The predicted octanol–water partition coefficient (Wildman–Crippen LogP) is -0.00330. The van der Waals surface area contributed by atoms with Crippen molar-refractivity contribution in [1.29, 1.82) is 0 Å². The van der Waals surface area contributed by atoms with Crippen LogP contribution in [0.1, 0.15) is 0 Å². The van der Waals surface area contributed by atoms with E-state index in [2.05, 4.69) is 10.1 Å². The van der Waals surface area contributed by atoms with Crippen LogP contribution in [0.15, 0.2) is 36.8 Å². The summed E-state index contributed by atoms with van der Waals surface area (Å²) >= 11 is 0. The quantitative estimate of drug-likeness (QED) is 0.777. The van der Waals surface area contributed by atoms with E-state index < -0.39 is 10.2 Å². The van der Waals surface area contributed by atoms with Gasteiger partial charge < -0.3 is 0 Å². The first-order valence-electron chi connectivity index (χ1n) is 4.07. The molecule has 0 aliphatic heterocycles. The highest BCUT2D eigenvalue weighted by atomic mass is 32.2. The Morgan fingerprint density at radius 3 is 2.67 bits per heavy atom. The second-order valence-electron chi connectivity index (χ2n) is 2.86. The fourth-order valence-corrected chi connectivity index (χ4v) is 1.55. The summed E-state index contributed by atoms with van der Waals surface area (Å²) < 4.78 is 22.6. The van der Waals surface area contributed by atoms with Gasteiger partial charge in [-0.15, -0.1) is 0 Å². The minimum atomic E-state index is -3.80. The summed E-state index contributed by atoms with van der Waals surface area (Å²) in [4.78, 5) is 3.90. The van der Waals surface area contributed by atoms with Gasteiger partial charge in [-0.2, -0.15) is 17.6 Å². The zero-order chi connectivity index (χ0) is 10.9. The third-order valence-corrected chi connectivity index (χ3v) is 2.51. The van der Waals surface area contributed by atoms with Gasteiger partial charge in [0.05, 0.1) is 5.69 Å².